The van der Waals surface area contributed by atoms with Crippen molar-refractivity contribution in [3.63, 3.8) is 0 Å². The average Bonchev–Trinajstić information content (AvgIpc) is 3.86. The lowest BCUT2D eigenvalue weighted by Gasteiger charge is -2.14. The Morgan fingerprint density at radius 2 is 0.882 bits per heavy atom. The second-order valence-corrected chi connectivity index (χ2v) is 13.6. The molecule has 3 heterocycles. The second kappa shape index (κ2) is 9.87. The Labute approximate surface area is 291 Å². The predicted octanol–water partition coefficient (Wildman–Crippen LogP) is 13.2. The Morgan fingerprint density at radius 3 is 1.67 bits per heavy atom. The highest BCUT2D eigenvalue weighted by Gasteiger charge is 2.21. The molecular weight excluding hydrogens is 621 g/mol. The minimum Gasteiger partial charge on any atom is -0.455 e. The molecule has 0 bridgehead atoms. The average molecular weight is 649 g/mol. The molecule has 0 unspecified atom stereocenters. The molecule has 3 nitrogen and oxygen atoms in total. The first kappa shape index (κ1) is 27.0. The van der Waals surface area contributed by atoms with Gasteiger partial charge in [-0.3, -0.25) is 0 Å². The summed E-state index contributed by atoms with van der Waals surface area (Å²) in [5.74, 6) is 0. The molecule has 9 aromatic carbocycles. The minimum absolute atomic E-state index is 0.917. The third-order valence-electron chi connectivity index (χ3n) is 11.1. The van der Waals surface area contributed by atoms with Crippen LogP contribution >= 0.6 is 0 Å². The summed E-state index contributed by atoms with van der Waals surface area (Å²) >= 11 is 0. The molecule has 0 aliphatic heterocycles. The molecule has 3 heteroatoms. The van der Waals surface area contributed by atoms with Gasteiger partial charge in [-0.15, -0.1) is 0 Å². The number of furan rings is 1. The Bertz CT molecular complexity index is 3410. The molecule has 51 heavy (non-hydrogen) atoms. The largest absolute Gasteiger partial charge is 0.455 e. The summed E-state index contributed by atoms with van der Waals surface area (Å²) in [6.45, 7) is 0. The topological polar surface area (TPSA) is 23.0 Å². The van der Waals surface area contributed by atoms with E-state index >= 15 is 0 Å². The molecule has 0 amide bonds. The zero-order chi connectivity index (χ0) is 33.2. The van der Waals surface area contributed by atoms with Crippen LogP contribution in [0.1, 0.15) is 0 Å². The third-order valence-corrected chi connectivity index (χ3v) is 11.1. The number of aromatic nitrogens is 2. The van der Waals surface area contributed by atoms with E-state index in [-0.39, 0.29) is 0 Å². The van der Waals surface area contributed by atoms with Gasteiger partial charge in [0.05, 0.1) is 27.5 Å². The van der Waals surface area contributed by atoms with Crippen LogP contribution in [0.5, 0.6) is 0 Å². The smallest absolute Gasteiger partial charge is 0.145 e. The van der Waals surface area contributed by atoms with Gasteiger partial charge in [0.1, 0.15) is 11.2 Å². The third kappa shape index (κ3) is 3.52. The van der Waals surface area contributed by atoms with Crippen LogP contribution in [-0.4, -0.2) is 9.13 Å². The van der Waals surface area contributed by atoms with Crippen molar-refractivity contribution in [3.05, 3.63) is 170 Å². The maximum Gasteiger partial charge on any atom is 0.145 e. The van der Waals surface area contributed by atoms with Crippen LogP contribution in [0.25, 0.3) is 109 Å². The van der Waals surface area contributed by atoms with Crippen molar-refractivity contribution in [1.29, 1.82) is 0 Å². The molecule has 0 radical (unpaired) electrons. The number of benzene rings is 9. The highest BCUT2D eigenvalue weighted by molar-refractivity contribution is 6.36. The van der Waals surface area contributed by atoms with E-state index in [2.05, 4.69) is 173 Å². The summed E-state index contributed by atoms with van der Waals surface area (Å²) in [4.78, 5) is 0. The molecule has 236 valence electrons. The Kier molecular flexibility index (Phi) is 5.23. The fourth-order valence-corrected chi connectivity index (χ4v) is 8.98. The lowest BCUT2D eigenvalue weighted by Crippen LogP contribution is -1.98. The van der Waals surface area contributed by atoms with Gasteiger partial charge in [-0.25, -0.2) is 0 Å². The van der Waals surface area contributed by atoms with Gasteiger partial charge in [-0.2, -0.15) is 0 Å². The summed E-state index contributed by atoms with van der Waals surface area (Å²) in [6, 6.07) is 61.7. The van der Waals surface area contributed by atoms with Gasteiger partial charge in [-0.05, 0) is 81.5 Å². The van der Waals surface area contributed by atoms with Crippen molar-refractivity contribution >= 4 is 97.9 Å². The Morgan fingerprint density at radius 1 is 0.314 bits per heavy atom. The molecule has 0 spiro atoms. The summed E-state index contributed by atoms with van der Waals surface area (Å²) < 4.78 is 11.4. The van der Waals surface area contributed by atoms with Crippen LogP contribution in [0.3, 0.4) is 0 Å². The lowest BCUT2D eigenvalue weighted by atomic mass is 9.93. The molecule has 12 aromatic rings. The van der Waals surface area contributed by atoms with Crippen LogP contribution in [-0.2, 0) is 0 Å². The number of hydrogen-bond acceptors (Lipinski definition) is 1. The molecule has 12 rings (SSSR count). The second-order valence-electron chi connectivity index (χ2n) is 13.6. The van der Waals surface area contributed by atoms with Crippen molar-refractivity contribution in [3.8, 4) is 11.4 Å². The maximum atomic E-state index is 6.55. The van der Waals surface area contributed by atoms with Crippen molar-refractivity contribution in [2.24, 2.45) is 0 Å². The fourth-order valence-electron chi connectivity index (χ4n) is 8.98. The van der Waals surface area contributed by atoms with E-state index in [0.717, 1.165) is 49.7 Å². The molecule has 0 saturated carbocycles. The standard InChI is InChI=1S/C48H28N2O/c1-2-12-32-29(11-1)21-26-39-44(32)34-14-3-4-15-35(34)47-45(39)37-16-5-9-19-41(37)50(47)31-24-22-30(23-25-31)49-40-18-8-6-17-38(40)46-42(49)28-27-36-33-13-7-10-20-43(33)51-48(36)46/h1-28H. The lowest BCUT2D eigenvalue weighted by molar-refractivity contribution is 0.673. The first-order valence-electron chi connectivity index (χ1n) is 17.5. The predicted molar refractivity (Wildman–Crippen MR) is 215 cm³/mol. The number of fused-ring (bicyclic) bond motifs is 17. The van der Waals surface area contributed by atoms with Crippen molar-refractivity contribution in [2.75, 3.05) is 0 Å². The van der Waals surface area contributed by atoms with Gasteiger partial charge in [0.15, 0.2) is 0 Å². The van der Waals surface area contributed by atoms with E-state index in [1.807, 2.05) is 6.07 Å². The molecular formula is C48H28N2O. The van der Waals surface area contributed by atoms with Gasteiger partial charge in [0.25, 0.3) is 0 Å². The molecule has 0 atom stereocenters. The molecule has 0 aliphatic carbocycles. The quantitative estimate of drug-likeness (QED) is 0.171. The van der Waals surface area contributed by atoms with Crippen LogP contribution < -0.4 is 0 Å². The monoisotopic (exact) mass is 648 g/mol. The van der Waals surface area contributed by atoms with E-state index in [1.54, 1.807) is 0 Å². The van der Waals surface area contributed by atoms with Gasteiger partial charge < -0.3 is 13.6 Å². The first-order chi connectivity index (χ1) is 25.3. The molecule has 3 aromatic heterocycles. The summed E-state index contributed by atoms with van der Waals surface area (Å²) in [7, 11) is 0. The van der Waals surface area contributed by atoms with Gasteiger partial charge in [0, 0.05) is 43.7 Å². The fraction of sp³-hybridized carbons (Fsp3) is 0. The van der Waals surface area contributed by atoms with Crippen LogP contribution in [0.15, 0.2) is 174 Å². The van der Waals surface area contributed by atoms with E-state index in [9.17, 15) is 0 Å². The van der Waals surface area contributed by atoms with E-state index in [1.165, 1.54) is 59.5 Å². The first-order valence-corrected chi connectivity index (χ1v) is 17.5. The van der Waals surface area contributed by atoms with E-state index in [4.69, 9.17) is 4.42 Å². The van der Waals surface area contributed by atoms with Crippen LogP contribution in [0, 0.1) is 0 Å². The molecule has 0 N–H and O–H groups in total. The highest BCUT2D eigenvalue weighted by atomic mass is 16.3. The molecule has 0 aliphatic rings. The van der Waals surface area contributed by atoms with Crippen LogP contribution in [0.2, 0.25) is 0 Å². The zero-order valence-electron chi connectivity index (χ0n) is 27.5. The summed E-state index contributed by atoms with van der Waals surface area (Å²) in [6.07, 6.45) is 0. The maximum absolute atomic E-state index is 6.55. The summed E-state index contributed by atoms with van der Waals surface area (Å²) in [5.41, 5.74) is 8.85. The van der Waals surface area contributed by atoms with Gasteiger partial charge in [0.2, 0.25) is 0 Å². The minimum atomic E-state index is 0.917. The SMILES string of the molecule is c1ccc2c(c1)ccc1c2c2ccccc2c2c1c1ccccc1n2-c1ccc(-n2c3ccccc3c3c4oc5ccccc5c4ccc32)cc1. The number of para-hydroxylation sites is 3. The number of hydrogen-bond donors (Lipinski definition) is 0. The summed E-state index contributed by atoms with van der Waals surface area (Å²) in [5, 5.41) is 14.9. The normalized spacial score (nSPS) is 12.3. The van der Waals surface area contributed by atoms with Crippen LogP contribution in [0.4, 0.5) is 0 Å². The zero-order valence-corrected chi connectivity index (χ0v) is 27.5. The molecule has 0 fully saturated rings. The highest BCUT2D eigenvalue weighted by Crippen LogP contribution is 2.45. The Balaban J connectivity index is 1.14. The Hall–Kier alpha value is -6.84. The number of rotatable bonds is 2. The van der Waals surface area contributed by atoms with E-state index in [0.29, 0.717) is 0 Å². The van der Waals surface area contributed by atoms with Crippen molar-refractivity contribution < 1.29 is 4.42 Å². The molecule has 0 saturated heterocycles. The van der Waals surface area contributed by atoms with Gasteiger partial charge in [-0.1, -0.05) is 115 Å². The van der Waals surface area contributed by atoms with Gasteiger partial charge >= 0.3 is 0 Å². The van der Waals surface area contributed by atoms with Crippen molar-refractivity contribution in [1.82, 2.24) is 9.13 Å². The van der Waals surface area contributed by atoms with E-state index < -0.39 is 0 Å². The number of nitrogens with zero attached hydrogens (tertiary/aromatic N) is 2. The van der Waals surface area contributed by atoms with Crippen molar-refractivity contribution in [2.45, 2.75) is 0 Å².